The van der Waals surface area contributed by atoms with Crippen molar-refractivity contribution >= 4 is 26.0 Å². The van der Waals surface area contributed by atoms with Crippen LogP contribution in [0.3, 0.4) is 0 Å². The molecule has 4 nitrogen and oxygen atoms in total. The number of hydrogen-bond donors (Lipinski definition) is 0. The van der Waals surface area contributed by atoms with Crippen molar-refractivity contribution < 1.29 is 13.2 Å². The molecule has 1 aliphatic carbocycles. The number of sulfonamides is 1. The predicted octanol–water partition coefficient (Wildman–Crippen LogP) is 2.13. The van der Waals surface area contributed by atoms with E-state index in [1.807, 2.05) is 6.92 Å². The minimum Gasteiger partial charge on any atom is -0.372 e. The van der Waals surface area contributed by atoms with Crippen molar-refractivity contribution in [3.8, 4) is 0 Å². The molecule has 0 aromatic carbocycles. The summed E-state index contributed by atoms with van der Waals surface area (Å²) in [5, 5.41) is 0.529. The van der Waals surface area contributed by atoms with Crippen LogP contribution in [-0.2, 0) is 14.8 Å². The predicted molar refractivity (Wildman–Crippen MR) is 75.5 cm³/mol. The lowest BCUT2D eigenvalue weighted by atomic mass is 10.0. The Labute approximate surface area is 118 Å². The fourth-order valence-corrected chi connectivity index (χ4v) is 5.37. The summed E-state index contributed by atoms with van der Waals surface area (Å²) >= 11 is 3.38. The van der Waals surface area contributed by atoms with Crippen LogP contribution in [0.2, 0.25) is 0 Å². The van der Waals surface area contributed by atoms with Gasteiger partial charge in [0.05, 0.1) is 17.5 Å². The molecule has 1 heterocycles. The molecule has 1 saturated carbocycles. The fourth-order valence-electron chi connectivity index (χ4n) is 2.87. The van der Waals surface area contributed by atoms with Gasteiger partial charge in [0.1, 0.15) is 0 Å². The van der Waals surface area contributed by atoms with Crippen LogP contribution < -0.4 is 0 Å². The second-order valence-corrected chi connectivity index (χ2v) is 8.21. The normalized spacial score (nSPS) is 32.6. The van der Waals surface area contributed by atoms with E-state index in [1.54, 1.807) is 4.31 Å². The molecule has 0 spiro atoms. The van der Waals surface area contributed by atoms with Gasteiger partial charge in [-0.05, 0) is 19.8 Å². The van der Waals surface area contributed by atoms with Crippen molar-refractivity contribution in [3.63, 3.8) is 0 Å². The molecule has 2 atom stereocenters. The van der Waals surface area contributed by atoms with Crippen molar-refractivity contribution in [1.29, 1.82) is 0 Å². The average molecular weight is 340 g/mol. The minimum atomic E-state index is -3.13. The van der Waals surface area contributed by atoms with E-state index in [0.29, 0.717) is 18.4 Å². The summed E-state index contributed by atoms with van der Waals surface area (Å²) in [6.45, 7) is 2.94. The Morgan fingerprint density at radius 3 is 2.50 bits per heavy atom. The summed E-state index contributed by atoms with van der Waals surface area (Å²) in [6.07, 6.45) is 4.89. The van der Waals surface area contributed by atoms with Crippen molar-refractivity contribution in [3.05, 3.63) is 0 Å². The molecule has 6 heteroatoms. The summed E-state index contributed by atoms with van der Waals surface area (Å²) in [4.78, 5) is 0. The smallest absolute Gasteiger partial charge is 0.217 e. The number of halogens is 1. The number of ether oxygens (including phenoxy) is 1. The van der Waals surface area contributed by atoms with Crippen LogP contribution in [0, 0.1) is 0 Å². The number of rotatable bonds is 3. The molecule has 2 rings (SSSR count). The first-order chi connectivity index (χ1) is 8.54. The van der Waals surface area contributed by atoms with Crippen LogP contribution in [0.15, 0.2) is 0 Å². The first kappa shape index (κ1) is 14.8. The number of hydrogen-bond acceptors (Lipinski definition) is 3. The maximum atomic E-state index is 12.6. The third-order valence-electron chi connectivity index (χ3n) is 3.80. The molecule has 1 aliphatic heterocycles. The molecule has 0 bridgehead atoms. The Bertz CT molecular complexity index is 368. The van der Waals surface area contributed by atoms with Gasteiger partial charge in [-0.3, -0.25) is 0 Å². The topological polar surface area (TPSA) is 46.6 Å². The van der Waals surface area contributed by atoms with Gasteiger partial charge in [0.25, 0.3) is 0 Å². The Morgan fingerprint density at radius 1 is 1.22 bits per heavy atom. The molecular formula is C12H22BrNO3S. The maximum Gasteiger partial charge on any atom is 0.217 e. The zero-order valence-electron chi connectivity index (χ0n) is 10.8. The summed E-state index contributed by atoms with van der Waals surface area (Å²) in [5.74, 6) is 0. The monoisotopic (exact) mass is 339 g/mol. The van der Waals surface area contributed by atoms with Gasteiger partial charge in [0.2, 0.25) is 10.0 Å². The molecule has 18 heavy (non-hydrogen) atoms. The van der Waals surface area contributed by atoms with Gasteiger partial charge < -0.3 is 4.74 Å². The Morgan fingerprint density at radius 2 is 1.89 bits per heavy atom. The summed E-state index contributed by atoms with van der Waals surface area (Å²) in [7, 11) is -3.13. The highest BCUT2D eigenvalue weighted by molar-refractivity contribution is 9.09. The average Bonchev–Trinajstić information content (AvgIpc) is 2.39. The zero-order valence-corrected chi connectivity index (χ0v) is 13.2. The maximum absolute atomic E-state index is 12.6. The molecule has 2 fully saturated rings. The van der Waals surface area contributed by atoms with Crippen LogP contribution in [-0.4, -0.2) is 48.6 Å². The zero-order chi connectivity index (χ0) is 13.2. The van der Waals surface area contributed by atoms with Crippen molar-refractivity contribution in [1.82, 2.24) is 4.31 Å². The van der Waals surface area contributed by atoms with E-state index in [9.17, 15) is 8.42 Å². The molecule has 2 aliphatic rings. The van der Waals surface area contributed by atoms with E-state index in [4.69, 9.17) is 4.74 Å². The summed E-state index contributed by atoms with van der Waals surface area (Å²) < 4.78 is 32.6. The van der Waals surface area contributed by atoms with Crippen molar-refractivity contribution in [2.75, 3.05) is 18.4 Å². The van der Waals surface area contributed by atoms with Gasteiger partial charge in [-0.2, -0.15) is 4.31 Å². The van der Waals surface area contributed by atoms with Crippen LogP contribution in [0.25, 0.3) is 0 Å². The van der Waals surface area contributed by atoms with Crippen LogP contribution >= 0.6 is 15.9 Å². The molecule has 0 aromatic heterocycles. The van der Waals surface area contributed by atoms with Gasteiger partial charge >= 0.3 is 0 Å². The first-order valence-electron chi connectivity index (χ1n) is 6.74. The van der Waals surface area contributed by atoms with Crippen LogP contribution in [0.5, 0.6) is 0 Å². The highest BCUT2D eigenvalue weighted by atomic mass is 79.9. The molecule has 0 aromatic rings. The molecule has 0 radical (unpaired) electrons. The molecule has 0 N–H and O–H groups in total. The van der Waals surface area contributed by atoms with Gasteiger partial charge in [-0.25, -0.2) is 8.42 Å². The molecule has 106 valence electrons. The van der Waals surface area contributed by atoms with E-state index in [0.717, 1.165) is 25.7 Å². The lowest BCUT2D eigenvalue weighted by Gasteiger charge is -2.37. The molecular weight excluding hydrogens is 318 g/mol. The number of nitrogens with zero attached hydrogens (tertiary/aromatic N) is 1. The second kappa shape index (κ2) is 6.20. The molecule has 2 unspecified atom stereocenters. The van der Waals surface area contributed by atoms with Crippen LogP contribution in [0.4, 0.5) is 0 Å². The van der Waals surface area contributed by atoms with E-state index < -0.39 is 10.0 Å². The third kappa shape index (κ3) is 3.26. The van der Waals surface area contributed by atoms with E-state index in [2.05, 4.69) is 15.9 Å². The molecule has 0 amide bonds. The lowest BCUT2D eigenvalue weighted by molar-refractivity contribution is -0.0414. The van der Waals surface area contributed by atoms with E-state index in [1.165, 1.54) is 6.42 Å². The summed E-state index contributed by atoms with van der Waals surface area (Å²) in [6, 6.07) is 0. The Balaban J connectivity index is 2.08. The van der Waals surface area contributed by atoms with Gasteiger partial charge in [-0.15, -0.1) is 0 Å². The highest BCUT2D eigenvalue weighted by Crippen LogP contribution is 2.28. The largest absolute Gasteiger partial charge is 0.372 e. The number of morpholine rings is 1. The molecule has 1 saturated heterocycles. The van der Waals surface area contributed by atoms with E-state index in [-0.39, 0.29) is 17.5 Å². The SMILES string of the molecule is CC1CN(S(=O)(=O)C2CCCCC2)CC(CBr)O1. The minimum absolute atomic E-state index is 0.0142. The van der Waals surface area contributed by atoms with Crippen molar-refractivity contribution in [2.24, 2.45) is 0 Å². The first-order valence-corrected chi connectivity index (χ1v) is 9.37. The van der Waals surface area contributed by atoms with E-state index >= 15 is 0 Å². The third-order valence-corrected chi connectivity index (χ3v) is 6.85. The standard InChI is InChI=1S/C12H22BrNO3S/c1-10-8-14(9-11(7-13)17-10)18(15,16)12-5-3-2-4-6-12/h10-12H,2-9H2,1H3. The number of alkyl halides is 1. The van der Waals surface area contributed by atoms with Gasteiger partial charge in [0.15, 0.2) is 0 Å². The van der Waals surface area contributed by atoms with Gasteiger partial charge in [0, 0.05) is 18.4 Å². The highest BCUT2D eigenvalue weighted by Gasteiger charge is 2.37. The lowest BCUT2D eigenvalue weighted by Crippen LogP contribution is -2.52. The Kier molecular flexibility index (Phi) is 5.08. The van der Waals surface area contributed by atoms with Crippen LogP contribution in [0.1, 0.15) is 39.0 Å². The summed E-state index contributed by atoms with van der Waals surface area (Å²) in [5.41, 5.74) is 0. The Hall–Kier alpha value is 0.350. The van der Waals surface area contributed by atoms with Gasteiger partial charge in [-0.1, -0.05) is 35.2 Å². The quantitative estimate of drug-likeness (QED) is 0.740. The second-order valence-electron chi connectivity index (χ2n) is 5.34. The van der Waals surface area contributed by atoms with Crippen molar-refractivity contribution in [2.45, 2.75) is 56.5 Å². The fraction of sp³-hybridized carbons (Fsp3) is 1.00.